The topological polar surface area (TPSA) is 36.9 Å². The molecule has 100 valence electrons. The van der Waals surface area contributed by atoms with Crippen LogP contribution in [0.15, 0.2) is 0 Å². The molecule has 0 aromatic heterocycles. The van der Waals surface area contributed by atoms with E-state index in [1.54, 1.807) is 14.2 Å². The van der Waals surface area contributed by atoms with E-state index in [0.717, 1.165) is 6.16 Å². The van der Waals surface area contributed by atoms with Gasteiger partial charge in [0.1, 0.15) is 31.6 Å². The lowest BCUT2D eigenvalue weighted by molar-refractivity contribution is -0.00933. The van der Waals surface area contributed by atoms with Crippen molar-refractivity contribution in [2.24, 2.45) is 0 Å². The van der Waals surface area contributed by atoms with Crippen molar-refractivity contribution in [2.75, 3.05) is 27.0 Å². The first-order valence-corrected chi connectivity index (χ1v) is 9.68. The molecule has 1 aliphatic heterocycles. The fourth-order valence-electron chi connectivity index (χ4n) is 1.93. The summed E-state index contributed by atoms with van der Waals surface area (Å²) in [7, 11) is 5.26. The zero-order valence-electron chi connectivity index (χ0n) is 10.7. The van der Waals surface area contributed by atoms with E-state index >= 15 is 0 Å². The van der Waals surface area contributed by atoms with Crippen molar-refractivity contribution in [3.63, 3.8) is 0 Å². The van der Waals surface area contributed by atoms with Crippen LogP contribution in [0.1, 0.15) is 6.92 Å². The number of methoxy groups -OCH3 is 2. The summed E-state index contributed by atoms with van der Waals surface area (Å²) in [5, 5.41) is 0. The van der Waals surface area contributed by atoms with E-state index in [1.807, 2.05) is 14.8 Å². The van der Waals surface area contributed by atoms with E-state index in [4.69, 9.17) is 30.5 Å². The summed E-state index contributed by atoms with van der Waals surface area (Å²) in [6.45, 7) is 2.46. The van der Waals surface area contributed by atoms with Gasteiger partial charge in [0.2, 0.25) is 0 Å². The molecule has 0 bridgehead atoms. The Morgan fingerprint density at radius 2 is 2.06 bits per heavy atom. The molecule has 4 nitrogen and oxygen atoms in total. The molecule has 1 saturated heterocycles. The van der Waals surface area contributed by atoms with Crippen LogP contribution >= 0.6 is 17.7 Å². The monoisotopic (exact) mass is 298 g/mol. The highest BCUT2D eigenvalue weighted by Gasteiger charge is 2.44. The maximum atomic E-state index is 5.95. The zero-order chi connectivity index (χ0) is 13.1. The molecule has 0 aromatic carbocycles. The van der Waals surface area contributed by atoms with Crippen LogP contribution in [0.4, 0.5) is 0 Å². The quantitative estimate of drug-likeness (QED) is 0.443. The molecule has 0 radical (unpaired) electrons. The van der Waals surface area contributed by atoms with Gasteiger partial charge in [-0.15, -0.1) is 12.2 Å². The summed E-state index contributed by atoms with van der Waals surface area (Å²) in [4.78, 5) is 0. The zero-order valence-corrected chi connectivity index (χ0v) is 13.3. The summed E-state index contributed by atoms with van der Waals surface area (Å²) < 4.78 is 22.3. The van der Waals surface area contributed by atoms with Crippen molar-refractivity contribution in [1.29, 1.82) is 0 Å². The second kappa shape index (κ2) is 6.89. The van der Waals surface area contributed by atoms with E-state index in [9.17, 15) is 0 Å². The third-order valence-corrected chi connectivity index (χ3v) is 6.37. The summed E-state index contributed by atoms with van der Waals surface area (Å²) >= 11 is 9.79. The van der Waals surface area contributed by atoms with Crippen LogP contribution in [0.3, 0.4) is 0 Å². The molecule has 1 heterocycles. The van der Waals surface area contributed by atoms with Gasteiger partial charge in [0.05, 0.1) is 12.6 Å². The summed E-state index contributed by atoms with van der Waals surface area (Å²) in [5.41, 5.74) is -2.05. The predicted molar refractivity (Wildman–Crippen MR) is 78.6 cm³/mol. The largest absolute Gasteiger partial charge is 0.382 e. The molecule has 0 aromatic rings. The SMILES string of the molecule is B[C@@H]1O[C@H](COC)C(OP(=S)(S)CC)[C@@H]1OC. The van der Waals surface area contributed by atoms with Crippen LogP contribution in [-0.2, 0) is 30.5 Å². The van der Waals surface area contributed by atoms with Crippen molar-refractivity contribution in [3.8, 4) is 0 Å². The molecule has 5 atom stereocenters. The van der Waals surface area contributed by atoms with Crippen LogP contribution in [0.25, 0.3) is 0 Å². The van der Waals surface area contributed by atoms with E-state index in [-0.39, 0.29) is 24.3 Å². The minimum Gasteiger partial charge on any atom is -0.382 e. The molecule has 0 spiro atoms. The third-order valence-electron chi connectivity index (χ3n) is 2.83. The smallest absolute Gasteiger partial charge is 0.142 e. The minimum absolute atomic E-state index is 0.0228. The first-order chi connectivity index (χ1) is 7.95. The maximum absolute atomic E-state index is 5.95. The lowest BCUT2D eigenvalue weighted by Gasteiger charge is -2.27. The lowest BCUT2D eigenvalue weighted by atomic mass is 9.93. The number of ether oxygens (including phenoxy) is 3. The van der Waals surface area contributed by atoms with Gasteiger partial charge in [-0.3, -0.25) is 0 Å². The fourth-order valence-corrected chi connectivity index (χ4v) is 3.34. The van der Waals surface area contributed by atoms with Crippen molar-refractivity contribution < 1.29 is 18.7 Å². The van der Waals surface area contributed by atoms with Gasteiger partial charge in [0.15, 0.2) is 0 Å². The van der Waals surface area contributed by atoms with Crippen molar-refractivity contribution in [1.82, 2.24) is 0 Å². The average molecular weight is 298 g/mol. The van der Waals surface area contributed by atoms with Crippen LogP contribution in [0, 0.1) is 0 Å². The van der Waals surface area contributed by atoms with Gasteiger partial charge in [-0.2, -0.15) is 0 Å². The molecule has 1 rings (SSSR count). The summed E-state index contributed by atoms with van der Waals surface area (Å²) in [6.07, 6.45) is 0.294. The predicted octanol–water partition coefficient (Wildman–Crippen LogP) is 0.650. The number of hydrogen-bond acceptors (Lipinski definition) is 5. The normalized spacial score (nSPS) is 36.9. The van der Waals surface area contributed by atoms with Gasteiger partial charge >= 0.3 is 0 Å². The second-order valence-corrected chi connectivity index (χ2v) is 10.7. The lowest BCUT2D eigenvalue weighted by Crippen LogP contribution is -2.37. The second-order valence-electron chi connectivity index (χ2n) is 4.06. The van der Waals surface area contributed by atoms with Crippen molar-refractivity contribution in [2.45, 2.75) is 31.2 Å². The highest BCUT2D eigenvalue weighted by atomic mass is 32.9. The Morgan fingerprint density at radius 3 is 2.53 bits per heavy atom. The van der Waals surface area contributed by atoms with Crippen LogP contribution in [-0.4, -0.2) is 59.1 Å². The molecule has 1 fully saturated rings. The van der Waals surface area contributed by atoms with E-state index < -0.39 is 5.47 Å². The minimum atomic E-state index is -2.05. The van der Waals surface area contributed by atoms with E-state index in [2.05, 4.69) is 12.2 Å². The van der Waals surface area contributed by atoms with E-state index in [0.29, 0.717) is 6.61 Å². The average Bonchev–Trinajstić information content (AvgIpc) is 2.55. The number of hydrogen-bond donors (Lipinski definition) is 1. The molecular formula is C9H20BO4PS2. The third kappa shape index (κ3) is 4.20. The van der Waals surface area contributed by atoms with Gasteiger partial charge in [-0.25, -0.2) is 0 Å². The molecule has 0 aliphatic carbocycles. The van der Waals surface area contributed by atoms with Crippen LogP contribution < -0.4 is 0 Å². The standard InChI is InChI=1S/C9H20BO4PS2/c1-4-15(16,17)14-7-6(5-11-2)13-9(10)8(7)12-3/h6-9H,4-5,10H2,1-3H3,(H,16,17)/t6-,7?,8+,9-/m1/s1. The molecule has 2 unspecified atom stereocenters. The molecular weight excluding hydrogens is 278 g/mol. The Bertz CT molecular complexity index is 294. The molecule has 0 amide bonds. The van der Waals surface area contributed by atoms with Gasteiger partial charge in [0.25, 0.3) is 0 Å². The molecule has 0 saturated carbocycles. The summed E-state index contributed by atoms with van der Waals surface area (Å²) in [5.74, 6) is 0. The van der Waals surface area contributed by atoms with Gasteiger partial charge in [-0.05, 0) is 0 Å². The van der Waals surface area contributed by atoms with E-state index in [1.165, 1.54) is 0 Å². The maximum Gasteiger partial charge on any atom is 0.142 e. The Morgan fingerprint density at radius 1 is 1.41 bits per heavy atom. The first kappa shape index (κ1) is 16.0. The van der Waals surface area contributed by atoms with Crippen LogP contribution in [0.5, 0.6) is 0 Å². The first-order valence-electron chi connectivity index (χ1n) is 5.62. The van der Waals surface area contributed by atoms with Gasteiger partial charge in [0, 0.05) is 20.4 Å². The summed E-state index contributed by atoms with van der Waals surface area (Å²) in [6, 6.07) is -0.0228. The van der Waals surface area contributed by atoms with Crippen LogP contribution in [0.2, 0.25) is 0 Å². The van der Waals surface area contributed by atoms with Crippen molar-refractivity contribution >= 4 is 37.4 Å². The Kier molecular flexibility index (Phi) is 6.47. The van der Waals surface area contributed by atoms with Gasteiger partial charge in [-0.1, -0.05) is 18.7 Å². The molecule has 0 N–H and O–H groups in total. The molecule has 1 aliphatic rings. The fraction of sp³-hybridized carbons (Fsp3) is 1.00. The Hall–Kier alpha value is 0.905. The molecule has 8 heteroatoms. The number of thiol groups is 1. The highest BCUT2D eigenvalue weighted by Crippen LogP contribution is 2.54. The molecule has 17 heavy (non-hydrogen) atoms. The Balaban J connectivity index is 2.77. The Labute approximate surface area is 114 Å². The van der Waals surface area contributed by atoms with Crippen molar-refractivity contribution in [3.05, 3.63) is 0 Å². The van der Waals surface area contributed by atoms with Gasteiger partial charge < -0.3 is 18.7 Å². The highest BCUT2D eigenvalue weighted by molar-refractivity contribution is 8.61. The number of rotatable bonds is 6.